The summed E-state index contributed by atoms with van der Waals surface area (Å²) in [6.07, 6.45) is 0. The van der Waals surface area contributed by atoms with E-state index in [9.17, 15) is 0 Å². The Morgan fingerprint density at radius 3 is 2.67 bits per heavy atom. The van der Waals surface area contributed by atoms with Crippen LogP contribution in [-0.4, -0.2) is 22.8 Å². The van der Waals surface area contributed by atoms with E-state index in [1.807, 2.05) is 24.3 Å². The SMILES string of the molecule is CCN(CC)SC(C)Oc1[c]cccc1. The lowest BCUT2D eigenvalue weighted by molar-refractivity contribution is 0.300. The molecule has 1 radical (unpaired) electrons. The Morgan fingerprint density at radius 1 is 1.40 bits per heavy atom. The first-order chi connectivity index (χ1) is 7.26. The zero-order chi connectivity index (χ0) is 11.1. The first kappa shape index (κ1) is 12.4. The van der Waals surface area contributed by atoms with Gasteiger partial charge in [-0.1, -0.05) is 32.0 Å². The Hall–Kier alpha value is -0.670. The molecule has 0 saturated heterocycles. The molecule has 1 atom stereocenters. The van der Waals surface area contributed by atoms with Crippen molar-refractivity contribution in [3.63, 3.8) is 0 Å². The topological polar surface area (TPSA) is 12.5 Å². The van der Waals surface area contributed by atoms with Gasteiger partial charge < -0.3 is 4.74 Å². The first-order valence-electron chi connectivity index (χ1n) is 5.31. The van der Waals surface area contributed by atoms with Crippen LogP contribution in [0.3, 0.4) is 0 Å². The van der Waals surface area contributed by atoms with Crippen molar-refractivity contribution in [1.29, 1.82) is 0 Å². The quantitative estimate of drug-likeness (QED) is 0.544. The summed E-state index contributed by atoms with van der Waals surface area (Å²) in [5, 5.41) is 0. The molecule has 0 saturated carbocycles. The van der Waals surface area contributed by atoms with E-state index in [1.54, 1.807) is 11.9 Å². The van der Waals surface area contributed by atoms with Crippen LogP contribution >= 0.6 is 11.9 Å². The van der Waals surface area contributed by atoms with E-state index in [2.05, 4.69) is 31.1 Å². The van der Waals surface area contributed by atoms with Crippen molar-refractivity contribution in [2.45, 2.75) is 26.2 Å². The highest BCUT2D eigenvalue weighted by molar-refractivity contribution is 7.97. The smallest absolute Gasteiger partial charge is 0.155 e. The summed E-state index contributed by atoms with van der Waals surface area (Å²) in [5.74, 6) is 0.810. The minimum atomic E-state index is 0.128. The number of benzene rings is 1. The van der Waals surface area contributed by atoms with Gasteiger partial charge in [0.05, 0.1) is 0 Å². The van der Waals surface area contributed by atoms with E-state index < -0.39 is 0 Å². The van der Waals surface area contributed by atoms with Crippen LogP contribution in [0.5, 0.6) is 5.75 Å². The molecule has 0 fully saturated rings. The van der Waals surface area contributed by atoms with Crippen LogP contribution in [0.2, 0.25) is 0 Å². The third-order valence-corrected chi connectivity index (χ3v) is 3.18. The van der Waals surface area contributed by atoms with Crippen LogP contribution in [0.15, 0.2) is 24.3 Å². The fourth-order valence-electron chi connectivity index (χ4n) is 1.23. The lowest BCUT2D eigenvalue weighted by Gasteiger charge is -2.22. The van der Waals surface area contributed by atoms with E-state index in [0.717, 1.165) is 18.8 Å². The Labute approximate surface area is 96.8 Å². The van der Waals surface area contributed by atoms with Gasteiger partial charge >= 0.3 is 0 Å². The standard InChI is InChI=1S/C12H18NOS/c1-4-13(5-2)15-11(3)14-12-9-7-6-8-10-12/h6-9,11H,4-5H2,1-3H3. The summed E-state index contributed by atoms with van der Waals surface area (Å²) in [4.78, 5) is 0. The number of hydrogen-bond acceptors (Lipinski definition) is 3. The second-order valence-electron chi connectivity index (χ2n) is 3.13. The van der Waals surface area contributed by atoms with E-state index in [1.165, 1.54) is 0 Å². The van der Waals surface area contributed by atoms with E-state index in [0.29, 0.717) is 0 Å². The highest BCUT2D eigenvalue weighted by atomic mass is 32.2. The molecule has 0 amide bonds. The first-order valence-corrected chi connectivity index (χ1v) is 6.15. The Kier molecular flexibility index (Phi) is 5.58. The molecule has 0 aliphatic carbocycles. The van der Waals surface area contributed by atoms with Crippen LogP contribution in [0.1, 0.15) is 20.8 Å². The molecule has 1 rings (SSSR count). The summed E-state index contributed by atoms with van der Waals surface area (Å²) >= 11 is 1.73. The van der Waals surface area contributed by atoms with E-state index >= 15 is 0 Å². The molecule has 1 aromatic carbocycles. The molecule has 0 spiro atoms. The maximum Gasteiger partial charge on any atom is 0.155 e. The average Bonchev–Trinajstić information content (AvgIpc) is 2.27. The molecule has 0 aromatic heterocycles. The monoisotopic (exact) mass is 224 g/mol. The van der Waals surface area contributed by atoms with Crippen molar-refractivity contribution in [3.05, 3.63) is 30.3 Å². The molecule has 0 heterocycles. The molecule has 2 nitrogen and oxygen atoms in total. The minimum absolute atomic E-state index is 0.128. The van der Waals surface area contributed by atoms with Crippen LogP contribution in [-0.2, 0) is 0 Å². The van der Waals surface area contributed by atoms with Crippen molar-refractivity contribution in [1.82, 2.24) is 4.31 Å². The summed E-state index contributed by atoms with van der Waals surface area (Å²) in [5.41, 5.74) is 0.128. The van der Waals surface area contributed by atoms with Crippen molar-refractivity contribution in [2.24, 2.45) is 0 Å². The lowest BCUT2D eigenvalue weighted by atomic mass is 10.3. The van der Waals surface area contributed by atoms with Crippen LogP contribution in [0.4, 0.5) is 0 Å². The molecule has 83 valence electrons. The molecule has 3 heteroatoms. The average molecular weight is 224 g/mol. The summed E-state index contributed by atoms with van der Waals surface area (Å²) in [6.45, 7) is 8.43. The van der Waals surface area contributed by atoms with Gasteiger partial charge in [-0.05, 0) is 24.9 Å². The second-order valence-corrected chi connectivity index (χ2v) is 4.52. The van der Waals surface area contributed by atoms with Crippen LogP contribution < -0.4 is 4.74 Å². The highest BCUT2D eigenvalue weighted by Gasteiger charge is 2.09. The van der Waals surface area contributed by atoms with Gasteiger partial charge in [-0.15, -0.1) is 0 Å². The maximum atomic E-state index is 5.71. The number of para-hydroxylation sites is 1. The van der Waals surface area contributed by atoms with Gasteiger partial charge in [0.1, 0.15) is 5.75 Å². The summed E-state index contributed by atoms with van der Waals surface area (Å²) < 4.78 is 7.99. The number of rotatable bonds is 6. The van der Waals surface area contributed by atoms with Gasteiger partial charge in [0.2, 0.25) is 0 Å². The molecule has 0 aliphatic heterocycles. The van der Waals surface area contributed by atoms with Crippen molar-refractivity contribution < 1.29 is 4.74 Å². The van der Waals surface area contributed by atoms with Crippen LogP contribution in [0, 0.1) is 6.07 Å². The fourth-order valence-corrected chi connectivity index (χ4v) is 2.10. The third-order valence-electron chi connectivity index (χ3n) is 1.98. The van der Waals surface area contributed by atoms with Gasteiger partial charge in [0, 0.05) is 19.2 Å². The predicted molar refractivity (Wildman–Crippen MR) is 65.9 cm³/mol. The normalized spacial score (nSPS) is 12.8. The summed E-state index contributed by atoms with van der Waals surface area (Å²) in [6, 6.07) is 10.7. The lowest BCUT2D eigenvalue weighted by Crippen LogP contribution is -2.20. The Balaban J connectivity index is 2.39. The zero-order valence-electron chi connectivity index (χ0n) is 9.56. The van der Waals surface area contributed by atoms with Gasteiger partial charge in [0.15, 0.2) is 5.44 Å². The molecule has 0 N–H and O–H groups in total. The third kappa shape index (κ3) is 4.58. The van der Waals surface area contributed by atoms with Crippen molar-refractivity contribution in [2.75, 3.05) is 13.1 Å². The molecular weight excluding hydrogens is 206 g/mol. The fraction of sp³-hybridized carbons (Fsp3) is 0.500. The molecule has 1 unspecified atom stereocenters. The number of nitrogens with zero attached hydrogens (tertiary/aromatic N) is 1. The molecular formula is C12H18NOS. The predicted octanol–water partition coefficient (Wildman–Crippen LogP) is 3.20. The Morgan fingerprint density at radius 2 is 2.13 bits per heavy atom. The van der Waals surface area contributed by atoms with Gasteiger partial charge in [0.25, 0.3) is 0 Å². The molecule has 0 bridgehead atoms. The van der Waals surface area contributed by atoms with Crippen molar-refractivity contribution >= 4 is 11.9 Å². The van der Waals surface area contributed by atoms with E-state index in [4.69, 9.17) is 4.74 Å². The second kappa shape index (κ2) is 6.75. The minimum Gasteiger partial charge on any atom is -0.478 e. The van der Waals surface area contributed by atoms with Gasteiger partial charge in [-0.25, -0.2) is 4.31 Å². The van der Waals surface area contributed by atoms with E-state index in [-0.39, 0.29) is 5.44 Å². The van der Waals surface area contributed by atoms with Crippen molar-refractivity contribution in [3.8, 4) is 5.75 Å². The molecule has 1 aromatic rings. The van der Waals surface area contributed by atoms with Crippen LogP contribution in [0.25, 0.3) is 0 Å². The zero-order valence-corrected chi connectivity index (χ0v) is 10.4. The Bertz CT molecular complexity index is 262. The number of hydrogen-bond donors (Lipinski definition) is 0. The highest BCUT2D eigenvalue weighted by Crippen LogP contribution is 2.20. The molecule has 0 aliphatic rings. The van der Waals surface area contributed by atoms with Gasteiger partial charge in [-0.2, -0.15) is 0 Å². The van der Waals surface area contributed by atoms with Gasteiger partial charge in [-0.3, -0.25) is 0 Å². The number of ether oxygens (including phenoxy) is 1. The molecule has 15 heavy (non-hydrogen) atoms. The summed E-state index contributed by atoms with van der Waals surface area (Å²) in [7, 11) is 0. The largest absolute Gasteiger partial charge is 0.478 e. The maximum absolute atomic E-state index is 5.71.